The van der Waals surface area contributed by atoms with Crippen LogP contribution in [0.5, 0.6) is 0 Å². The summed E-state index contributed by atoms with van der Waals surface area (Å²) in [6.07, 6.45) is 1.67. The molecule has 0 aliphatic rings. The van der Waals surface area contributed by atoms with Crippen molar-refractivity contribution in [1.82, 2.24) is 0 Å². The van der Waals surface area contributed by atoms with Crippen LogP contribution in [0.15, 0.2) is 0 Å². The van der Waals surface area contributed by atoms with Crippen LogP contribution < -0.4 is 0 Å². The molecular weight excluding hydrogens is 304 g/mol. The zero-order chi connectivity index (χ0) is 19.5. The molecule has 0 aliphatic heterocycles. The van der Waals surface area contributed by atoms with Gasteiger partial charge in [-0.1, -0.05) is 62.3 Å². The van der Waals surface area contributed by atoms with Gasteiger partial charge < -0.3 is 10.2 Å². The summed E-state index contributed by atoms with van der Waals surface area (Å²) in [5.41, 5.74) is -1.92. The first kappa shape index (κ1) is 22.9. The van der Waals surface area contributed by atoms with E-state index in [1.54, 1.807) is 0 Å². The Bertz CT molecular complexity index is 445. The zero-order valence-electron chi connectivity index (χ0n) is 17.1. The van der Waals surface area contributed by atoms with E-state index < -0.39 is 28.7 Å². The second-order valence-corrected chi connectivity index (χ2v) is 9.72. The van der Waals surface area contributed by atoms with Gasteiger partial charge in [0.25, 0.3) is 0 Å². The van der Waals surface area contributed by atoms with Crippen molar-refractivity contribution in [3.05, 3.63) is 0 Å². The van der Waals surface area contributed by atoms with Crippen LogP contribution in [0.1, 0.15) is 81.6 Å². The lowest BCUT2D eigenvalue weighted by Gasteiger charge is -2.48. The molecule has 0 bridgehead atoms. The monoisotopic (exact) mass is 342 g/mol. The van der Waals surface area contributed by atoms with Crippen LogP contribution >= 0.6 is 0 Å². The lowest BCUT2D eigenvalue weighted by Crippen LogP contribution is -2.53. The average molecular weight is 343 g/mol. The van der Waals surface area contributed by atoms with Crippen LogP contribution in [-0.2, 0) is 9.59 Å². The quantitative estimate of drug-likeness (QED) is 0.595. The maximum absolute atomic E-state index is 12.4. The van der Waals surface area contributed by atoms with Crippen LogP contribution in [0.4, 0.5) is 0 Å². The van der Waals surface area contributed by atoms with E-state index in [0.717, 1.165) is 0 Å². The largest absolute Gasteiger partial charge is 0.481 e. The molecule has 0 aromatic carbocycles. The van der Waals surface area contributed by atoms with Crippen molar-refractivity contribution in [3.8, 4) is 0 Å². The van der Waals surface area contributed by atoms with E-state index in [2.05, 4.69) is 20.8 Å². The molecule has 0 spiro atoms. The predicted octanol–water partition coefficient (Wildman–Crippen LogP) is 5.31. The van der Waals surface area contributed by atoms with Crippen molar-refractivity contribution < 1.29 is 19.8 Å². The van der Waals surface area contributed by atoms with Gasteiger partial charge in [-0.2, -0.15) is 0 Å². The van der Waals surface area contributed by atoms with Gasteiger partial charge in [0.2, 0.25) is 0 Å². The van der Waals surface area contributed by atoms with Gasteiger partial charge >= 0.3 is 11.9 Å². The lowest BCUT2D eigenvalue weighted by atomic mass is 9.54. The summed E-state index contributed by atoms with van der Waals surface area (Å²) < 4.78 is 0. The summed E-state index contributed by atoms with van der Waals surface area (Å²) in [5.74, 6) is -2.82. The highest BCUT2D eigenvalue weighted by atomic mass is 16.4. The Labute approximate surface area is 148 Å². The van der Waals surface area contributed by atoms with Crippen molar-refractivity contribution in [3.63, 3.8) is 0 Å². The number of carbonyl (C=O) groups is 2. The van der Waals surface area contributed by atoms with E-state index in [-0.39, 0.29) is 11.3 Å². The van der Waals surface area contributed by atoms with E-state index in [1.165, 1.54) is 0 Å². The molecule has 4 nitrogen and oxygen atoms in total. The third-order valence-electron chi connectivity index (χ3n) is 5.26. The molecule has 24 heavy (non-hydrogen) atoms. The Morgan fingerprint density at radius 1 is 0.917 bits per heavy atom. The number of carboxylic acid groups (broad SMARTS) is 2. The van der Waals surface area contributed by atoms with Crippen molar-refractivity contribution in [2.75, 3.05) is 0 Å². The van der Waals surface area contributed by atoms with Gasteiger partial charge in [-0.15, -0.1) is 0 Å². The zero-order valence-corrected chi connectivity index (χ0v) is 17.1. The molecule has 0 aliphatic carbocycles. The first-order chi connectivity index (χ1) is 10.6. The van der Waals surface area contributed by atoms with Gasteiger partial charge in [-0.05, 0) is 41.9 Å². The topological polar surface area (TPSA) is 74.6 Å². The Balaban J connectivity index is 6.25. The maximum Gasteiger partial charge on any atom is 0.310 e. The molecule has 0 rings (SSSR count). The molecule has 3 atom stereocenters. The molecular formula is C20H38O4. The summed E-state index contributed by atoms with van der Waals surface area (Å²) >= 11 is 0. The molecule has 0 aromatic rings. The maximum atomic E-state index is 12.4. The third kappa shape index (κ3) is 5.22. The fourth-order valence-electron chi connectivity index (χ4n) is 4.85. The molecule has 0 radical (unpaired) electrons. The van der Waals surface area contributed by atoms with E-state index in [1.807, 2.05) is 41.5 Å². The average Bonchev–Trinajstić information content (AvgIpc) is 2.29. The molecule has 0 aromatic heterocycles. The van der Waals surface area contributed by atoms with E-state index in [0.29, 0.717) is 25.2 Å². The highest BCUT2D eigenvalue weighted by Crippen LogP contribution is 2.52. The summed E-state index contributed by atoms with van der Waals surface area (Å²) in [6, 6.07) is 0. The molecule has 0 saturated heterocycles. The molecule has 142 valence electrons. The van der Waals surface area contributed by atoms with Crippen LogP contribution in [0, 0.1) is 34.0 Å². The minimum absolute atomic E-state index is 0.0550. The number of hydrogen-bond donors (Lipinski definition) is 2. The highest BCUT2D eigenvalue weighted by molar-refractivity contribution is 5.84. The SMILES string of the molecule is CCC(C(=O)O)(C(C)CC(C)(C)C)C(C(=O)O)C(C)(C)CC(C)C. The summed E-state index contributed by atoms with van der Waals surface area (Å²) in [4.78, 5) is 24.6. The number of hydrogen-bond acceptors (Lipinski definition) is 2. The molecule has 3 unspecified atom stereocenters. The van der Waals surface area contributed by atoms with E-state index in [9.17, 15) is 19.8 Å². The van der Waals surface area contributed by atoms with Crippen LogP contribution in [0.3, 0.4) is 0 Å². The Morgan fingerprint density at radius 2 is 1.38 bits per heavy atom. The van der Waals surface area contributed by atoms with Gasteiger partial charge in [0.15, 0.2) is 0 Å². The van der Waals surface area contributed by atoms with Crippen LogP contribution in [-0.4, -0.2) is 22.2 Å². The van der Waals surface area contributed by atoms with E-state index >= 15 is 0 Å². The number of rotatable bonds is 9. The molecule has 4 heteroatoms. The molecule has 2 N–H and O–H groups in total. The molecule has 0 fully saturated rings. The summed E-state index contributed by atoms with van der Waals surface area (Å²) in [7, 11) is 0. The smallest absolute Gasteiger partial charge is 0.310 e. The van der Waals surface area contributed by atoms with Gasteiger partial charge in [-0.25, -0.2) is 0 Å². The fourth-order valence-corrected chi connectivity index (χ4v) is 4.85. The second-order valence-electron chi connectivity index (χ2n) is 9.72. The molecule has 0 amide bonds. The number of aliphatic carboxylic acids is 2. The van der Waals surface area contributed by atoms with Crippen LogP contribution in [0.25, 0.3) is 0 Å². The van der Waals surface area contributed by atoms with Gasteiger partial charge in [0.05, 0.1) is 11.3 Å². The van der Waals surface area contributed by atoms with Crippen molar-refractivity contribution in [2.45, 2.75) is 81.6 Å². The Hall–Kier alpha value is -1.06. The first-order valence-electron chi connectivity index (χ1n) is 9.08. The van der Waals surface area contributed by atoms with Gasteiger partial charge in [0.1, 0.15) is 0 Å². The third-order valence-corrected chi connectivity index (χ3v) is 5.26. The van der Waals surface area contributed by atoms with Gasteiger partial charge in [-0.3, -0.25) is 9.59 Å². The van der Waals surface area contributed by atoms with Crippen molar-refractivity contribution in [1.29, 1.82) is 0 Å². The highest BCUT2D eigenvalue weighted by Gasteiger charge is 2.57. The standard InChI is InChI=1S/C20H38O4/c1-10-20(17(23)24,14(4)12-18(5,6)7)15(16(21)22)19(8,9)11-13(2)3/h13-15H,10-12H2,1-9H3,(H,21,22)(H,23,24). The second kappa shape index (κ2) is 7.88. The van der Waals surface area contributed by atoms with Crippen molar-refractivity contribution >= 4 is 11.9 Å². The van der Waals surface area contributed by atoms with E-state index in [4.69, 9.17) is 0 Å². The minimum Gasteiger partial charge on any atom is -0.481 e. The van der Waals surface area contributed by atoms with Crippen molar-refractivity contribution in [2.24, 2.45) is 34.0 Å². The minimum atomic E-state index is -1.27. The van der Waals surface area contributed by atoms with Gasteiger partial charge in [0, 0.05) is 0 Å². The number of carboxylic acids is 2. The molecule has 0 heterocycles. The first-order valence-corrected chi connectivity index (χ1v) is 9.08. The Kier molecular flexibility index (Phi) is 7.53. The molecule has 0 saturated carbocycles. The summed E-state index contributed by atoms with van der Waals surface area (Å²) in [6.45, 7) is 17.8. The normalized spacial score (nSPS) is 18.1. The Morgan fingerprint density at radius 3 is 1.62 bits per heavy atom. The lowest BCUT2D eigenvalue weighted by molar-refractivity contribution is -0.177. The summed E-state index contributed by atoms with van der Waals surface area (Å²) in [5, 5.41) is 20.2. The predicted molar refractivity (Wildman–Crippen MR) is 98.0 cm³/mol. The fraction of sp³-hybridized carbons (Fsp3) is 0.900. The van der Waals surface area contributed by atoms with Crippen LogP contribution in [0.2, 0.25) is 0 Å².